The molecule has 0 bridgehead atoms. The highest BCUT2D eigenvalue weighted by Gasteiger charge is 2.07. The second-order valence-electron chi connectivity index (χ2n) is 4.12. The predicted molar refractivity (Wildman–Crippen MR) is 71.2 cm³/mol. The Morgan fingerprint density at radius 2 is 2.06 bits per heavy atom. The lowest BCUT2D eigenvalue weighted by molar-refractivity contribution is 0.105. The Balaban J connectivity index is 2.81. The zero-order valence-corrected chi connectivity index (χ0v) is 11.2. The van der Waals surface area contributed by atoms with Crippen LogP contribution in [0, 0.1) is 6.92 Å². The first-order valence-electron chi connectivity index (χ1n) is 5.43. The summed E-state index contributed by atoms with van der Waals surface area (Å²) in [6.45, 7) is 1.66. The SMILES string of the molecule is Cc1ccc(NCC(O)CO)cc1NS(C)(=O)=O. The number of sulfonamides is 1. The van der Waals surface area contributed by atoms with Gasteiger partial charge < -0.3 is 15.5 Å². The third-order valence-electron chi connectivity index (χ3n) is 2.29. The lowest BCUT2D eigenvalue weighted by Gasteiger charge is -2.13. The van der Waals surface area contributed by atoms with Crippen molar-refractivity contribution in [3.05, 3.63) is 23.8 Å². The zero-order valence-electron chi connectivity index (χ0n) is 10.3. The average Bonchev–Trinajstić information content (AvgIpc) is 2.28. The highest BCUT2D eigenvalue weighted by Crippen LogP contribution is 2.21. The van der Waals surface area contributed by atoms with Gasteiger partial charge >= 0.3 is 0 Å². The lowest BCUT2D eigenvalue weighted by atomic mass is 10.2. The molecule has 4 N–H and O–H groups in total. The van der Waals surface area contributed by atoms with Crippen LogP contribution >= 0.6 is 0 Å². The molecule has 0 spiro atoms. The smallest absolute Gasteiger partial charge is 0.229 e. The molecule has 102 valence electrons. The summed E-state index contributed by atoms with van der Waals surface area (Å²) in [5.41, 5.74) is 1.95. The largest absolute Gasteiger partial charge is 0.394 e. The van der Waals surface area contributed by atoms with Crippen molar-refractivity contribution in [2.24, 2.45) is 0 Å². The first-order valence-corrected chi connectivity index (χ1v) is 7.32. The van der Waals surface area contributed by atoms with Crippen molar-refractivity contribution in [3.8, 4) is 0 Å². The second kappa shape index (κ2) is 6.03. The van der Waals surface area contributed by atoms with Gasteiger partial charge in [-0.15, -0.1) is 0 Å². The number of aliphatic hydroxyl groups excluding tert-OH is 2. The molecule has 6 nitrogen and oxygen atoms in total. The molecule has 1 atom stereocenters. The van der Waals surface area contributed by atoms with E-state index in [0.29, 0.717) is 11.4 Å². The summed E-state index contributed by atoms with van der Waals surface area (Å²) < 4.78 is 24.8. The minimum Gasteiger partial charge on any atom is -0.394 e. The molecular weight excluding hydrogens is 256 g/mol. The van der Waals surface area contributed by atoms with Gasteiger partial charge in [-0.3, -0.25) is 4.72 Å². The van der Waals surface area contributed by atoms with E-state index in [-0.39, 0.29) is 13.2 Å². The molecule has 0 radical (unpaired) electrons. The van der Waals surface area contributed by atoms with Gasteiger partial charge in [0, 0.05) is 12.2 Å². The molecule has 0 fully saturated rings. The van der Waals surface area contributed by atoms with Crippen LogP contribution in [0.4, 0.5) is 11.4 Å². The molecule has 0 aliphatic rings. The normalized spacial score (nSPS) is 13.1. The van der Waals surface area contributed by atoms with Crippen LogP contribution in [-0.4, -0.2) is 44.1 Å². The summed E-state index contributed by atoms with van der Waals surface area (Å²) in [5, 5.41) is 20.8. The van der Waals surface area contributed by atoms with Gasteiger partial charge in [0.25, 0.3) is 0 Å². The third kappa shape index (κ3) is 4.91. The van der Waals surface area contributed by atoms with Crippen LogP contribution in [0.5, 0.6) is 0 Å². The molecule has 1 unspecified atom stereocenters. The molecule has 0 saturated carbocycles. The van der Waals surface area contributed by atoms with Crippen molar-refractivity contribution in [3.63, 3.8) is 0 Å². The summed E-state index contributed by atoms with van der Waals surface area (Å²) in [7, 11) is -3.32. The van der Waals surface area contributed by atoms with Gasteiger partial charge in [0.2, 0.25) is 10.0 Å². The summed E-state index contributed by atoms with van der Waals surface area (Å²) in [4.78, 5) is 0. The fourth-order valence-electron chi connectivity index (χ4n) is 1.34. The van der Waals surface area contributed by atoms with E-state index in [4.69, 9.17) is 5.11 Å². The van der Waals surface area contributed by atoms with Crippen molar-refractivity contribution in [1.82, 2.24) is 0 Å². The number of nitrogens with one attached hydrogen (secondary N) is 2. The van der Waals surface area contributed by atoms with Gasteiger partial charge in [0.1, 0.15) is 0 Å². The number of aliphatic hydroxyl groups is 2. The van der Waals surface area contributed by atoms with E-state index in [9.17, 15) is 13.5 Å². The number of benzene rings is 1. The fourth-order valence-corrected chi connectivity index (χ4v) is 1.96. The van der Waals surface area contributed by atoms with Crippen LogP contribution in [0.3, 0.4) is 0 Å². The van der Waals surface area contributed by atoms with Crippen molar-refractivity contribution in [1.29, 1.82) is 0 Å². The van der Waals surface area contributed by atoms with Crippen LogP contribution in [-0.2, 0) is 10.0 Å². The Kier molecular flexibility index (Phi) is 4.94. The summed E-state index contributed by atoms with van der Waals surface area (Å²) in [5.74, 6) is 0. The van der Waals surface area contributed by atoms with Gasteiger partial charge in [-0.1, -0.05) is 6.07 Å². The maximum atomic E-state index is 11.2. The van der Waals surface area contributed by atoms with Crippen molar-refractivity contribution in [2.75, 3.05) is 29.4 Å². The second-order valence-corrected chi connectivity index (χ2v) is 5.87. The molecule has 7 heteroatoms. The average molecular weight is 274 g/mol. The lowest BCUT2D eigenvalue weighted by Crippen LogP contribution is -2.23. The molecule has 0 aromatic heterocycles. The van der Waals surface area contributed by atoms with Crippen LogP contribution < -0.4 is 10.0 Å². The number of anilines is 2. The topological polar surface area (TPSA) is 98.7 Å². The minimum absolute atomic E-state index is 0.192. The molecule has 0 heterocycles. The molecular formula is C11H18N2O4S. The van der Waals surface area contributed by atoms with E-state index in [0.717, 1.165) is 11.8 Å². The number of hydrogen-bond acceptors (Lipinski definition) is 5. The Hall–Kier alpha value is -1.31. The molecule has 0 aliphatic heterocycles. The van der Waals surface area contributed by atoms with E-state index < -0.39 is 16.1 Å². The van der Waals surface area contributed by atoms with Crippen LogP contribution in [0.1, 0.15) is 5.56 Å². The summed E-state index contributed by atoms with van der Waals surface area (Å²) in [6.07, 6.45) is 0.236. The Morgan fingerprint density at radius 1 is 1.39 bits per heavy atom. The highest BCUT2D eigenvalue weighted by atomic mass is 32.2. The zero-order chi connectivity index (χ0) is 13.8. The standard InChI is InChI=1S/C11H18N2O4S/c1-8-3-4-9(12-6-10(15)7-14)5-11(8)13-18(2,16)17/h3-5,10,12-15H,6-7H2,1-2H3. The Morgan fingerprint density at radius 3 is 2.61 bits per heavy atom. The molecule has 1 aromatic rings. The van der Waals surface area contributed by atoms with Gasteiger partial charge in [0.05, 0.1) is 24.7 Å². The van der Waals surface area contributed by atoms with Crippen LogP contribution in [0.15, 0.2) is 18.2 Å². The van der Waals surface area contributed by atoms with Crippen LogP contribution in [0.25, 0.3) is 0 Å². The Labute approximate surface area is 107 Å². The van der Waals surface area contributed by atoms with Gasteiger partial charge in [-0.2, -0.15) is 0 Å². The van der Waals surface area contributed by atoms with Crippen molar-refractivity contribution in [2.45, 2.75) is 13.0 Å². The quantitative estimate of drug-likeness (QED) is 0.591. The first-order chi connectivity index (χ1) is 8.31. The van der Waals surface area contributed by atoms with Gasteiger partial charge in [0.15, 0.2) is 0 Å². The molecule has 18 heavy (non-hydrogen) atoms. The summed E-state index contributed by atoms with van der Waals surface area (Å²) in [6, 6.07) is 5.18. The van der Waals surface area contributed by atoms with E-state index >= 15 is 0 Å². The van der Waals surface area contributed by atoms with Gasteiger partial charge in [-0.25, -0.2) is 8.42 Å². The molecule has 0 aliphatic carbocycles. The molecule has 0 saturated heterocycles. The third-order valence-corrected chi connectivity index (χ3v) is 2.88. The minimum atomic E-state index is -3.32. The monoisotopic (exact) mass is 274 g/mol. The summed E-state index contributed by atoms with van der Waals surface area (Å²) >= 11 is 0. The van der Waals surface area contributed by atoms with E-state index in [1.54, 1.807) is 25.1 Å². The maximum absolute atomic E-state index is 11.2. The van der Waals surface area contributed by atoms with E-state index in [1.165, 1.54) is 0 Å². The molecule has 0 amide bonds. The Bertz CT molecular complexity index is 502. The predicted octanol–water partition coefficient (Wildman–Crippen LogP) is 0.132. The molecule has 1 aromatic carbocycles. The maximum Gasteiger partial charge on any atom is 0.229 e. The van der Waals surface area contributed by atoms with Crippen LogP contribution in [0.2, 0.25) is 0 Å². The van der Waals surface area contributed by atoms with E-state index in [1.807, 2.05) is 0 Å². The fraction of sp³-hybridized carbons (Fsp3) is 0.455. The number of rotatable bonds is 6. The van der Waals surface area contributed by atoms with E-state index in [2.05, 4.69) is 10.0 Å². The van der Waals surface area contributed by atoms with Crippen molar-refractivity contribution < 1.29 is 18.6 Å². The first kappa shape index (κ1) is 14.7. The van der Waals surface area contributed by atoms with Gasteiger partial charge in [-0.05, 0) is 24.6 Å². The van der Waals surface area contributed by atoms with Crippen molar-refractivity contribution >= 4 is 21.4 Å². The highest BCUT2D eigenvalue weighted by molar-refractivity contribution is 7.92. The molecule has 1 rings (SSSR count). The number of aryl methyl sites for hydroxylation is 1. The number of hydrogen-bond donors (Lipinski definition) is 4.